The molecule has 1 nitrogen and oxygen atoms in total. The summed E-state index contributed by atoms with van der Waals surface area (Å²) in [5, 5.41) is 6.55. The summed E-state index contributed by atoms with van der Waals surface area (Å²) in [7, 11) is 0. The fourth-order valence-electron chi connectivity index (χ4n) is 3.03. The van der Waals surface area contributed by atoms with Gasteiger partial charge >= 0.3 is 0 Å². The van der Waals surface area contributed by atoms with E-state index < -0.39 is 5.24 Å². The van der Waals surface area contributed by atoms with Crippen molar-refractivity contribution in [1.29, 1.82) is 0 Å². The van der Waals surface area contributed by atoms with E-state index in [4.69, 9.17) is 11.6 Å². The predicted octanol–water partition coefficient (Wildman–Crippen LogP) is 5.53. The zero-order valence-electron chi connectivity index (χ0n) is 11.1. The summed E-state index contributed by atoms with van der Waals surface area (Å²) in [4.78, 5) is 11.5. The summed E-state index contributed by atoms with van der Waals surface area (Å²) < 4.78 is 0. The zero-order chi connectivity index (χ0) is 14.4. The molecule has 0 heterocycles. The van der Waals surface area contributed by atoms with Crippen LogP contribution in [0, 0.1) is 0 Å². The van der Waals surface area contributed by atoms with Crippen LogP contribution >= 0.6 is 11.6 Å². The van der Waals surface area contributed by atoms with Gasteiger partial charge in [-0.1, -0.05) is 54.6 Å². The van der Waals surface area contributed by atoms with Crippen LogP contribution in [0.4, 0.5) is 0 Å². The standard InChI is InChI=1S/C19H11ClO/c20-19(21)12-9-10-17-15-7-2-1-5-13(15)14-6-3-4-8-16(14)18(17)11-12/h1-11H. The highest BCUT2D eigenvalue weighted by atomic mass is 35.5. The van der Waals surface area contributed by atoms with Crippen molar-refractivity contribution in [3.05, 3.63) is 72.3 Å². The average Bonchev–Trinajstić information content (AvgIpc) is 2.54. The molecule has 0 bridgehead atoms. The van der Waals surface area contributed by atoms with Crippen LogP contribution in [-0.2, 0) is 0 Å². The third-order valence-corrected chi connectivity index (χ3v) is 4.19. The molecule has 4 aromatic rings. The summed E-state index contributed by atoms with van der Waals surface area (Å²) in [6.07, 6.45) is 0. The van der Waals surface area contributed by atoms with Gasteiger partial charge in [0.2, 0.25) is 0 Å². The smallest absolute Gasteiger partial charge is 0.252 e. The van der Waals surface area contributed by atoms with Crippen molar-refractivity contribution in [1.82, 2.24) is 0 Å². The lowest BCUT2D eigenvalue weighted by atomic mass is 9.93. The fourth-order valence-corrected chi connectivity index (χ4v) is 3.15. The molecule has 0 unspecified atom stereocenters. The van der Waals surface area contributed by atoms with Gasteiger partial charge in [-0.05, 0) is 56.1 Å². The predicted molar refractivity (Wildman–Crippen MR) is 89.1 cm³/mol. The molecule has 0 aliphatic rings. The molecule has 4 aromatic carbocycles. The molecule has 4 rings (SSSR count). The lowest BCUT2D eigenvalue weighted by Gasteiger charge is -2.10. The van der Waals surface area contributed by atoms with Crippen LogP contribution in [0.2, 0.25) is 0 Å². The molecule has 21 heavy (non-hydrogen) atoms. The lowest BCUT2D eigenvalue weighted by Crippen LogP contribution is -1.89. The van der Waals surface area contributed by atoms with Crippen molar-refractivity contribution in [2.75, 3.05) is 0 Å². The SMILES string of the molecule is O=C(Cl)c1ccc2c3ccccc3c3ccccc3c2c1. The van der Waals surface area contributed by atoms with E-state index in [1.54, 1.807) is 6.07 Å². The third-order valence-electron chi connectivity index (χ3n) is 3.97. The Morgan fingerprint density at radius 1 is 0.619 bits per heavy atom. The lowest BCUT2D eigenvalue weighted by molar-refractivity contribution is 0.108. The maximum absolute atomic E-state index is 11.5. The Bertz CT molecular complexity index is 982. The van der Waals surface area contributed by atoms with Crippen LogP contribution < -0.4 is 0 Å². The first-order chi connectivity index (χ1) is 10.3. The number of hydrogen-bond acceptors (Lipinski definition) is 1. The van der Waals surface area contributed by atoms with E-state index in [2.05, 4.69) is 30.3 Å². The fraction of sp³-hybridized carbons (Fsp3) is 0. The summed E-state index contributed by atoms with van der Waals surface area (Å²) in [5.74, 6) is 0. The molecular weight excluding hydrogens is 280 g/mol. The second-order valence-corrected chi connectivity index (χ2v) is 5.47. The molecule has 0 fully saturated rings. The van der Waals surface area contributed by atoms with Crippen LogP contribution in [0.5, 0.6) is 0 Å². The molecule has 2 heteroatoms. The molecule has 0 amide bonds. The van der Waals surface area contributed by atoms with Crippen LogP contribution in [0.1, 0.15) is 10.4 Å². The summed E-state index contributed by atoms with van der Waals surface area (Å²) >= 11 is 5.63. The number of benzene rings is 4. The first-order valence-corrected chi connectivity index (χ1v) is 7.16. The molecule has 0 aromatic heterocycles. The van der Waals surface area contributed by atoms with Crippen molar-refractivity contribution in [2.45, 2.75) is 0 Å². The van der Waals surface area contributed by atoms with Gasteiger partial charge in [-0.3, -0.25) is 4.79 Å². The quantitative estimate of drug-likeness (QED) is 0.333. The molecule has 100 valence electrons. The molecule has 0 spiro atoms. The largest absolute Gasteiger partial charge is 0.276 e. The van der Waals surface area contributed by atoms with Gasteiger partial charge < -0.3 is 0 Å². The van der Waals surface area contributed by atoms with Crippen LogP contribution in [0.15, 0.2) is 66.7 Å². The summed E-state index contributed by atoms with van der Waals surface area (Å²) in [5.41, 5.74) is 0.532. The number of fused-ring (bicyclic) bond motifs is 6. The monoisotopic (exact) mass is 290 g/mol. The average molecular weight is 291 g/mol. The van der Waals surface area contributed by atoms with Crippen molar-refractivity contribution >= 4 is 49.2 Å². The van der Waals surface area contributed by atoms with Gasteiger partial charge in [0.15, 0.2) is 0 Å². The molecular formula is C19H11ClO. The van der Waals surface area contributed by atoms with Crippen LogP contribution in [0.3, 0.4) is 0 Å². The van der Waals surface area contributed by atoms with Gasteiger partial charge in [0.1, 0.15) is 0 Å². The minimum Gasteiger partial charge on any atom is -0.276 e. The van der Waals surface area contributed by atoms with E-state index in [-0.39, 0.29) is 0 Å². The van der Waals surface area contributed by atoms with Crippen LogP contribution in [-0.4, -0.2) is 5.24 Å². The maximum atomic E-state index is 11.5. The molecule has 0 aliphatic carbocycles. The minimum absolute atomic E-state index is 0.422. The second-order valence-electron chi connectivity index (χ2n) is 5.13. The minimum atomic E-state index is -0.422. The van der Waals surface area contributed by atoms with Crippen molar-refractivity contribution in [3.8, 4) is 0 Å². The third kappa shape index (κ3) is 1.82. The normalized spacial score (nSPS) is 11.3. The zero-order valence-corrected chi connectivity index (χ0v) is 11.9. The number of halogens is 1. The van der Waals surface area contributed by atoms with Crippen molar-refractivity contribution in [3.63, 3.8) is 0 Å². The molecule has 0 saturated carbocycles. The van der Waals surface area contributed by atoms with E-state index in [0.29, 0.717) is 5.56 Å². The molecule has 0 aliphatic heterocycles. The van der Waals surface area contributed by atoms with Gasteiger partial charge in [-0.15, -0.1) is 0 Å². The first-order valence-electron chi connectivity index (χ1n) is 6.79. The Hall–Kier alpha value is -2.38. The van der Waals surface area contributed by atoms with Gasteiger partial charge in [-0.25, -0.2) is 0 Å². The molecule has 0 atom stereocenters. The number of hydrogen-bond donors (Lipinski definition) is 0. The van der Waals surface area contributed by atoms with Gasteiger partial charge in [0.05, 0.1) is 0 Å². The maximum Gasteiger partial charge on any atom is 0.252 e. The Morgan fingerprint density at radius 3 is 1.52 bits per heavy atom. The Morgan fingerprint density at radius 2 is 1.05 bits per heavy atom. The van der Waals surface area contributed by atoms with E-state index >= 15 is 0 Å². The molecule has 0 radical (unpaired) electrons. The van der Waals surface area contributed by atoms with E-state index in [0.717, 1.165) is 16.2 Å². The van der Waals surface area contributed by atoms with Crippen LogP contribution in [0.25, 0.3) is 32.3 Å². The summed E-state index contributed by atoms with van der Waals surface area (Å²) in [6, 6.07) is 22.3. The summed E-state index contributed by atoms with van der Waals surface area (Å²) in [6.45, 7) is 0. The van der Waals surface area contributed by atoms with E-state index in [1.807, 2.05) is 30.3 Å². The number of carbonyl (C=O) groups excluding carboxylic acids is 1. The van der Waals surface area contributed by atoms with Gasteiger partial charge in [0.25, 0.3) is 5.24 Å². The topological polar surface area (TPSA) is 17.1 Å². The number of rotatable bonds is 1. The highest BCUT2D eigenvalue weighted by molar-refractivity contribution is 6.67. The van der Waals surface area contributed by atoms with Crippen molar-refractivity contribution in [2.24, 2.45) is 0 Å². The van der Waals surface area contributed by atoms with Gasteiger partial charge in [-0.2, -0.15) is 0 Å². The Balaban J connectivity index is 2.33. The number of carbonyl (C=O) groups is 1. The molecule has 0 saturated heterocycles. The first kappa shape index (κ1) is 12.4. The highest BCUT2D eigenvalue weighted by Gasteiger charge is 2.10. The van der Waals surface area contributed by atoms with E-state index in [9.17, 15) is 4.79 Å². The Kier molecular flexibility index (Phi) is 2.69. The van der Waals surface area contributed by atoms with E-state index in [1.165, 1.54) is 16.2 Å². The van der Waals surface area contributed by atoms with Crippen molar-refractivity contribution < 1.29 is 4.79 Å². The highest BCUT2D eigenvalue weighted by Crippen LogP contribution is 2.35. The Labute approximate surface area is 126 Å². The molecule has 0 N–H and O–H groups in total. The van der Waals surface area contributed by atoms with Gasteiger partial charge in [0, 0.05) is 5.56 Å². The second kappa shape index (κ2) is 4.57.